The number of carbonyl (C=O) groups is 1. The van der Waals surface area contributed by atoms with Gasteiger partial charge in [0.15, 0.2) is 0 Å². The lowest BCUT2D eigenvalue weighted by Gasteiger charge is -2.18. The summed E-state index contributed by atoms with van der Waals surface area (Å²) in [6, 6.07) is 3.61. The molecule has 1 rings (SSSR count). The van der Waals surface area contributed by atoms with E-state index in [0.717, 1.165) is 18.8 Å². The molecule has 0 atom stereocenters. The normalized spacial score (nSPS) is 10.9. The van der Waals surface area contributed by atoms with Crippen molar-refractivity contribution in [3.8, 4) is 0 Å². The lowest BCUT2D eigenvalue weighted by Crippen LogP contribution is -2.23. The molecule has 0 aliphatic rings. The van der Waals surface area contributed by atoms with Crippen molar-refractivity contribution in [2.75, 3.05) is 20.7 Å². The molecule has 0 N–H and O–H groups in total. The van der Waals surface area contributed by atoms with E-state index in [4.69, 9.17) is 0 Å². The van der Waals surface area contributed by atoms with E-state index in [-0.39, 0.29) is 5.97 Å². The van der Waals surface area contributed by atoms with Crippen molar-refractivity contribution in [2.45, 2.75) is 20.4 Å². The Morgan fingerprint density at radius 3 is 2.65 bits per heavy atom. The Morgan fingerprint density at radius 2 is 2.18 bits per heavy atom. The Balaban J connectivity index is 2.59. The monoisotopic (exact) mass is 236 g/mol. The molecule has 0 aromatic carbocycles. The van der Waals surface area contributed by atoms with E-state index in [0.29, 0.717) is 11.5 Å². The van der Waals surface area contributed by atoms with Crippen molar-refractivity contribution >= 4 is 5.97 Å². The number of carbonyl (C=O) groups excluding carboxylic acids is 1. The maximum atomic E-state index is 11.2. The van der Waals surface area contributed by atoms with E-state index in [1.165, 1.54) is 7.11 Å². The number of esters is 1. The minimum atomic E-state index is -0.348. The molecule has 4 heteroatoms. The highest BCUT2D eigenvalue weighted by Crippen LogP contribution is 2.05. The van der Waals surface area contributed by atoms with Gasteiger partial charge in [-0.2, -0.15) is 0 Å². The minimum absolute atomic E-state index is 0.348. The van der Waals surface area contributed by atoms with E-state index >= 15 is 0 Å². The molecule has 0 saturated heterocycles. The first-order valence-electron chi connectivity index (χ1n) is 5.74. The molecule has 0 bridgehead atoms. The number of ether oxygens (including phenoxy) is 1. The summed E-state index contributed by atoms with van der Waals surface area (Å²) in [5, 5.41) is 0. The van der Waals surface area contributed by atoms with Crippen molar-refractivity contribution in [3.63, 3.8) is 0 Å². The number of aromatic nitrogens is 1. The number of nitrogens with zero attached hydrogens (tertiary/aromatic N) is 2. The molecule has 94 valence electrons. The Kier molecular flexibility index (Phi) is 5.10. The number of pyridine rings is 1. The first kappa shape index (κ1) is 13.6. The van der Waals surface area contributed by atoms with Crippen molar-refractivity contribution in [1.82, 2.24) is 9.88 Å². The van der Waals surface area contributed by atoms with Crippen molar-refractivity contribution < 1.29 is 9.53 Å². The Labute approximate surface area is 103 Å². The summed E-state index contributed by atoms with van der Waals surface area (Å²) >= 11 is 0. The molecule has 0 amide bonds. The third-order valence-corrected chi connectivity index (χ3v) is 2.35. The van der Waals surface area contributed by atoms with Crippen LogP contribution in [0.3, 0.4) is 0 Å². The second-order valence-electron chi connectivity index (χ2n) is 4.62. The van der Waals surface area contributed by atoms with Crippen molar-refractivity contribution in [2.24, 2.45) is 5.92 Å². The molecule has 0 radical (unpaired) electrons. The maximum absolute atomic E-state index is 11.2. The lowest BCUT2D eigenvalue weighted by atomic mass is 10.2. The highest BCUT2D eigenvalue weighted by Gasteiger charge is 2.07. The molecule has 0 aliphatic carbocycles. The third kappa shape index (κ3) is 4.53. The standard InChI is InChI=1S/C13H20N2O2/c1-10(2)8-15(3)9-12-6-5-11(7-14-12)13(16)17-4/h5-7,10H,8-9H2,1-4H3. The van der Waals surface area contributed by atoms with Crippen LogP contribution >= 0.6 is 0 Å². The number of hydrogen-bond acceptors (Lipinski definition) is 4. The number of methoxy groups -OCH3 is 1. The molecule has 1 heterocycles. The van der Waals surface area contributed by atoms with Gasteiger partial charge < -0.3 is 9.64 Å². The van der Waals surface area contributed by atoms with Gasteiger partial charge in [-0.3, -0.25) is 4.98 Å². The van der Waals surface area contributed by atoms with E-state index in [1.807, 2.05) is 6.07 Å². The van der Waals surface area contributed by atoms with Gasteiger partial charge in [-0.05, 0) is 25.1 Å². The van der Waals surface area contributed by atoms with Crippen molar-refractivity contribution in [3.05, 3.63) is 29.6 Å². The van der Waals surface area contributed by atoms with Crippen LogP contribution in [0.4, 0.5) is 0 Å². The summed E-state index contributed by atoms with van der Waals surface area (Å²) in [5.74, 6) is 0.286. The van der Waals surface area contributed by atoms with Crippen LogP contribution < -0.4 is 0 Å². The molecule has 0 saturated carbocycles. The van der Waals surface area contributed by atoms with Gasteiger partial charge in [0, 0.05) is 19.3 Å². The molecule has 17 heavy (non-hydrogen) atoms. The number of hydrogen-bond donors (Lipinski definition) is 0. The Bertz CT molecular complexity index is 360. The van der Waals surface area contributed by atoms with Gasteiger partial charge in [0.2, 0.25) is 0 Å². The maximum Gasteiger partial charge on any atom is 0.339 e. The van der Waals surface area contributed by atoms with Crippen LogP contribution in [-0.2, 0) is 11.3 Å². The zero-order chi connectivity index (χ0) is 12.8. The zero-order valence-corrected chi connectivity index (χ0v) is 10.9. The molecule has 0 spiro atoms. The highest BCUT2D eigenvalue weighted by molar-refractivity contribution is 5.88. The quantitative estimate of drug-likeness (QED) is 0.733. The Morgan fingerprint density at radius 1 is 1.47 bits per heavy atom. The van der Waals surface area contributed by atoms with Gasteiger partial charge in [-0.25, -0.2) is 4.79 Å². The SMILES string of the molecule is COC(=O)c1ccc(CN(C)CC(C)C)nc1. The molecular weight excluding hydrogens is 216 g/mol. The van der Waals surface area contributed by atoms with Crippen LogP contribution in [0.15, 0.2) is 18.3 Å². The first-order chi connectivity index (χ1) is 8.02. The average molecular weight is 236 g/mol. The van der Waals surface area contributed by atoms with Gasteiger partial charge in [0.25, 0.3) is 0 Å². The van der Waals surface area contributed by atoms with E-state index < -0.39 is 0 Å². The van der Waals surface area contributed by atoms with Gasteiger partial charge in [0.05, 0.1) is 18.4 Å². The van der Waals surface area contributed by atoms with Crippen molar-refractivity contribution in [1.29, 1.82) is 0 Å². The largest absolute Gasteiger partial charge is 0.465 e. The minimum Gasteiger partial charge on any atom is -0.465 e. The predicted molar refractivity (Wildman–Crippen MR) is 66.7 cm³/mol. The van der Waals surface area contributed by atoms with Crippen LogP contribution in [0.2, 0.25) is 0 Å². The Hall–Kier alpha value is -1.42. The summed E-state index contributed by atoms with van der Waals surface area (Å²) in [7, 11) is 3.43. The van der Waals surface area contributed by atoms with Crippen LogP contribution in [0.5, 0.6) is 0 Å². The molecule has 0 aliphatic heterocycles. The average Bonchev–Trinajstić information content (AvgIpc) is 2.28. The summed E-state index contributed by atoms with van der Waals surface area (Å²) in [6.07, 6.45) is 1.56. The molecular formula is C13H20N2O2. The first-order valence-corrected chi connectivity index (χ1v) is 5.74. The third-order valence-electron chi connectivity index (χ3n) is 2.35. The molecule has 0 unspecified atom stereocenters. The fourth-order valence-corrected chi connectivity index (χ4v) is 1.72. The van der Waals surface area contributed by atoms with Crippen LogP contribution in [0, 0.1) is 5.92 Å². The summed E-state index contributed by atoms with van der Waals surface area (Å²) < 4.78 is 4.62. The fourth-order valence-electron chi connectivity index (χ4n) is 1.72. The van der Waals surface area contributed by atoms with E-state index in [1.54, 1.807) is 12.3 Å². The van der Waals surface area contributed by atoms with E-state index in [2.05, 4.69) is 35.5 Å². The molecule has 4 nitrogen and oxygen atoms in total. The predicted octanol–water partition coefficient (Wildman–Crippen LogP) is 1.96. The van der Waals surface area contributed by atoms with Gasteiger partial charge in [-0.1, -0.05) is 13.8 Å². The summed E-state index contributed by atoms with van der Waals surface area (Å²) in [6.45, 7) is 6.19. The van der Waals surface area contributed by atoms with Gasteiger partial charge in [0.1, 0.15) is 0 Å². The second kappa shape index (κ2) is 6.35. The van der Waals surface area contributed by atoms with Gasteiger partial charge >= 0.3 is 5.97 Å². The summed E-state index contributed by atoms with van der Waals surface area (Å²) in [5.41, 5.74) is 1.45. The smallest absolute Gasteiger partial charge is 0.339 e. The van der Waals surface area contributed by atoms with E-state index in [9.17, 15) is 4.79 Å². The fraction of sp³-hybridized carbons (Fsp3) is 0.538. The topological polar surface area (TPSA) is 42.4 Å². The molecule has 1 aromatic heterocycles. The highest BCUT2D eigenvalue weighted by atomic mass is 16.5. The van der Waals surface area contributed by atoms with Crippen LogP contribution in [-0.4, -0.2) is 36.6 Å². The molecule has 1 aromatic rings. The van der Waals surface area contributed by atoms with Gasteiger partial charge in [-0.15, -0.1) is 0 Å². The van der Waals surface area contributed by atoms with Crippen LogP contribution in [0.1, 0.15) is 29.9 Å². The number of rotatable bonds is 5. The summed E-state index contributed by atoms with van der Waals surface area (Å²) in [4.78, 5) is 17.7. The molecule has 0 fully saturated rings. The lowest BCUT2D eigenvalue weighted by molar-refractivity contribution is 0.0600. The second-order valence-corrected chi connectivity index (χ2v) is 4.62. The zero-order valence-electron chi connectivity index (χ0n) is 10.9. The van der Waals surface area contributed by atoms with Crippen LogP contribution in [0.25, 0.3) is 0 Å².